The summed E-state index contributed by atoms with van der Waals surface area (Å²) in [7, 11) is 0. The third kappa shape index (κ3) is 3.86. The maximum atomic E-state index is 11.0. The van der Waals surface area contributed by atoms with E-state index in [-0.39, 0.29) is 0 Å². The van der Waals surface area contributed by atoms with Crippen molar-refractivity contribution < 1.29 is 14.7 Å². The fourth-order valence-electron chi connectivity index (χ4n) is 0.762. The van der Waals surface area contributed by atoms with Gasteiger partial charge in [0.15, 0.2) is 0 Å². The molecule has 0 aromatic carbocycles. The molecule has 0 saturated carbocycles. The highest BCUT2D eigenvalue weighted by atomic mass is 32.1. The molecule has 1 aromatic rings. The summed E-state index contributed by atoms with van der Waals surface area (Å²) < 4.78 is 0. The third-order valence-electron chi connectivity index (χ3n) is 1.35. The van der Waals surface area contributed by atoms with E-state index >= 15 is 0 Å². The van der Waals surface area contributed by atoms with Crippen LogP contribution in [0.5, 0.6) is 0 Å². The first-order valence-corrected chi connectivity index (χ1v) is 4.75. The summed E-state index contributed by atoms with van der Waals surface area (Å²) >= 11 is 1.49. The first kappa shape index (κ1) is 10.5. The number of amides is 1. The molecule has 0 saturated heterocycles. The van der Waals surface area contributed by atoms with E-state index < -0.39 is 18.4 Å². The van der Waals surface area contributed by atoms with Crippen LogP contribution < -0.4 is 10.4 Å². The van der Waals surface area contributed by atoms with E-state index in [1.807, 2.05) is 17.5 Å². The molecule has 1 amide bonds. The van der Waals surface area contributed by atoms with E-state index in [9.17, 15) is 14.7 Å². The average Bonchev–Trinajstić information content (AvgIpc) is 2.63. The Morgan fingerprint density at radius 1 is 1.57 bits per heavy atom. The van der Waals surface area contributed by atoms with Gasteiger partial charge in [-0.3, -0.25) is 4.79 Å². The highest BCUT2D eigenvalue weighted by molar-refractivity contribution is 7.10. The topological polar surface area (TPSA) is 69.2 Å². The van der Waals surface area contributed by atoms with Crippen molar-refractivity contribution in [3.05, 3.63) is 28.5 Å². The number of hydrogen-bond acceptors (Lipinski definition) is 4. The molecular weight excluding hydrogens is 202 g/mol. The fourth-order valence-corrected chi connectivity index (χ4v) is 1.38. The number of carboxylic acids is 1. The van der Waals surface area contributed by atoms with Crippen LogP contribution in [0.2, 0.25) is 0 Å². The normalized spacial score (nSPS) is 10.3. The number of thiophene rings is 1. The highest BCUT2D eigenvalue weighted by Crippen LogP contribution is 2.09. The van der Waals surface area contributed by atoms with E-state index in [1.165, 1.54) is 17.4 Å². The minimum atomic E-state index is -1.30. The van der Waals surface area contributed by atoms with Crippen LogP contribution in [0.25, 0.3) is 6.08 Å². The standard InChI is InChI=1S/C9H9NO3S/c11-8(10-6-9(12)13)4-3-7-2-1-5-14-7/h1-5H,6H2,(H,10,11)(H,12,13)/p-1/b4-3+. The summed E-state index contributed by atoms with van der Waals surface area (Å²) in [5.74, 6) is -1.74. The van der Waals surface area contributed by atoms with Crippen LogP contribution >= 0.6 is 11.3 Å². The van der Waals surface area contributed by atoms with Gasteiger partial charge in [0.25, 0.3) is 0 Å². The zero-order chi connectivity index (χ0) is 10.4. The monoisotopic (exact) mass is 210 g/mol. The van der Waals surface area contributed by atoms with Crippen molar-refractivity contribution in [2.45, 2.75) is 0 Å². The number of carbonyl (C=O) groups excluding carboxylic acids is 2. The van der Waals surface area contributed by atoms with Gasteiger partial charge >= 0.3 is 0 Å². The van der Waals surface area contributed by atoms with Gasteiger partial charge in [-0.25, -0.2) is 0 Å². The van der Waals surface area contributed by atoms with Crippen LogP contribution in [0.1, 0.15) is 4.88 Å². The maximum Gasteiger partial charge on any atom is 0.244 e. The summed E-state index contributed by atoms with van der Waals surface area (Å²) in [6.07, 6.45) is 2.91. The van der Waals surface area contributed by atoms with E-state index in [4.69, 9.17) is 0 Å². The fraction of sp³-hybridized carbons (Fsp3) is 0.111. The second-order valence-electron chi connectivity index (χ2n) is 2.44. The summed E-state index contributed by atoms with van der Waals surface area (Å²) in [4.78, 5) is 21.9. The van der Waals surface area contributed by atoms with Crippen molar-refractivity contribution in [3.63, 3.8) is 0 Å². The van der Waals surface area contributed by atoms with Crippen molar-refractivity contribution in [2.24, 2.45) is 0 Å². The van der Waals surface area contributed by atoms with Gasteiger partial charge in [0.05, 0.1) is 12.5 Å². The number of carbonyl (C=O) groups is 2. The summed E-state index contributed by atoms with van der Waals surface area (Å²) in [5, 5.41) is 14.0. The largest absolute Gasteiger partial charge is 0.548 e. The molecule has 0 radical (unpaired) electrons. The molecule has 74 valence electrons. The van der Waals surface area contributed by atoms with Gasteiger partial charge in [-0.15, -0.1) is 11.3 Å². The smallest absolute Gasteiger partial charge is 0.244 e. The highest BCUT2D eigenvalue weighted by Gasteiger charge is 1.94. The molecule has 0 bridgehead atoms. The quantitative estimate of drug-likeness (QED) is 0.689. The third-order valence-corrected chi connectivity index (χ3v) is 2.19. The minimum absolute atomic E-state index is 0.442. The lowest BCUT2D eigenvalue weighted by Crippen LogP contribution is -2.36. The van der Waals surface area contributed by atoms with Gasteiger partial charge in [0.2, 0.25) is 5.91 Å². The Bertz CT molecular complexity index is 343. The predicted molar refractivity (Wildman–Crippen MR) is 51.4 cm³/mol. The Morgan fingerprint density at radius 3 is 2.93 bits per heavy atom. The van der Waals surface area contributed by atoms with E-state index in [1.54, 1.807) is 6.08 Å². The lowest BCUT2D eigenvalue weighted by molar-refractivity contribution is -0.303. The van der Waals surface area contributed by atoms with Crippen molar-refractivity contribution >= 4 is 29.3 Å². The Morgan fingerprint density at radius 2 is 2.36 bits per heavy atom. The van der Waals surface area contributed by atoms with E-state index in [0.717, 1.165) is 4.88 Å². The van der Waals surface area contributed by atoms with Crippen LogP contribution in [-0.4, -0.2) is 18.4 Å². The summed E-state index contributed by atoms with van der Waals surface area (Å²) in [5.41, 5.74) is 0. The molecule has 5 heteroatoms. The van der Waals surface area contributed by atoms with Crippen molar-refractivity contribution in [1.82, 2.24) is 5.32 Å². The van der Waals surface area contributed by atoms with Crippen molar-refractivity contribution in [1.29, 1.82) is 0 Å². The molecule has 1 rings (SSSR count). The molecule has 0 aliphatic rings. The Kier molecular flexibility index (Phi) is 3.87. The predicted octanol–water partition coefficient (Wildman–Crippen LogP) is -0.373. The molecular formula is C9H8NO3S-. The number of aliphatic carboxylic acids is 1. The zero-order valence-corrected chi connectivity index (χ0v) is 8.04. The summed E-state index contributed by atoms with van der Waals surface area (Å²) in [6.45, 7) is -0.465. The molecule has 1 aromatic heterocycles. The second kappa shape index (κ2) is 5.18. The van der Waals surface area contributed by atoms with E-state index in [0.29, 0.717) is 0 Å². The zero-order valence-electron chi connectivity index (χ0n) is 7.23. The Balaban J connectivity index is 2.37. The SMILES string of the molecule is O=C([O-])CNC(=O)/C=C/c1cccs1. The molecule has 1 heterocycles. The number of nitrogens with one attached hydrogen (secondary N) is 1. The molecule has 4 nitrogen and oxygen atoms in total. The van der Waals surface area contributed by atoms with Crippen LogP contribution in [0.15, 0.2) is 23.6 Å². The number of rotatable bonds is 4. The Labute approximate surface area is 84.9 Å². The summed E-state index contributed by atoms with van der Waals surface area (Å²) in [6, 6.07) is 3.72. The molecule has 1 N–H and O–H groups in total. The van der Waals surface area contributed by atoms with Gasteiger partial charge < -0.3 is 15.2 Å². The molecule has 0 atom stereocenters. The number of carboxylic acid groups (broad SMARTS) is 1. The lowest BCUT2D eigenvalue weighted by Gasteiger charge is -2.01. The molecule has 0 fully saturated rings. The number of hydrogen-bond donors (Lipinski definition) is 1. The maximum absolute atomic E-state index is 11.0. The van der Waals surface area contributed by atoms with Crippen LogP contribution in [-0.2, 0) is 9.59 Å². The van der Waals surface area contributed by atoms with Crippen molar-refractivity contribution in [2.75, 3.05) is 6.54 Å². The Hall–Kier alpha value is -1.62. The molecule has 0 aliphatic heterocycles. The van der Waals surface area contributed by atoms with Gasteiger partial charge in [-0.2, -0.15) is 0 Å². The minimum Gasteiger partial charge on any atom is -0.548 e. The van der Waals surface area contributed by atoms with Crippen LogP contribution in [0.4, 0.5) is 0 Å². The van der Waals surface area contributed by atoms with Crippen molar-refractivity contribution in [3.8, 4) is 0 Å². The molecule has 0 spiro atoms. The first-order valence-electron chi connectivity index (χ1n) is 3.88. The van der Waals surface area contributed by atoms with Gasteiger partial charge in [0, 0.05) is 11.0 Å². The lowest BCUT2D eigenvalue weighted by atomic mass is 10.4. The van der Waals surface area contributed by atoms with Crippen LogP contribution in [0.3, 0.4) is 0 Å². The molecule has 0 unspecified atom stereocenters. The first-order chi connectivity index (χ1) is 6.68. The molecule has 0 aliphatic carbocycles. The second-order valence-corrected chi connectivity index (χ2v) is 3.42. The van der Waals surface area contributed by atoms with E-state index in [2.05, 4.69) is 5.32 Å². The molecule has 14 heavy (non-hydrogen) atoms. The van der Waals surface area contributed by atoms with Gasteiger partial charge in [-0.1, -0.05) is 6.07 Å². The average molecular weight is 210 g/mol. The van der Waals surface area contributed by atoms with Gasteiger partial charge in [-0.05, 0) is 17.5 Å². The van der Waals surface area contributed by atoms with Gasteiger partial charge in [0.1, 0.15) is 0 Å². The van der Waals surface area contributed by atoms with Crippen LogP contribution in [0, 0.1) is 0 Å².